The maximum absolute atomic E-state index is 12.0. The summed E-state index contributed by atoms with van der Waals surface area (Å²) in [5.41, 5.74) is -1.14. The Morgan fingerprint density at radius 1 is 1.06 bits per heavy atom. The highest BCUT2D eigenvalue weighted by Crippen LogP contribution is 2.32. The van der Waals surface area contributed by atoms with E-state index in [4.69, 9.17) is 9.47 Å². The Morgan fingerprint density at radius 2 is 1.53 bits per heavy atom. The second kappa shape index (κ2) is 8.50. The molecule has 0 radical (unpaired) electrons. The minimum absolute atomic E-state index is 0.272. The molecular weight excluding hydrogens is 288 g/mol. The van der Waals surface area contributed by atoms with Gasteiger partial charge in [-0.1, -0.05) is 22.9 Å². The van der Waals surface area contributed by atoms with Gasteiger partial charge in [0.2, 0.25) is 0 Å². The third-order valence-corrected chi connectivity index (χ3v) is 3.23. The molecule has 17 heavy (non-hydrogen) atoms. The molecule has 0 saturated carbocycles. The maximum atomic E-state index is 12.0. The first-order chi connectivity index (χ1) is 8.08. The van der Waals surface area contributed by atoms with Crippen molar-refractivity contribution in [1.29, 1.82) is 0 Å². The molecule has 0 aliphatic rings. The van der Waals surface area contributed by atoms with Gasteiger partial charge in [-0.05, 0) is 33.1 Å². The van der Waals surface area contributed by atoms with Crippen LogP contribution < -0.4 is 0 Å². The van der Waals surface area contributed by atoms with Gasteiger partial charge in [0.25, 0.3) is 0 Å². The van der Waals surface area contributed by atoms with Crippen LogP contribution >= 0.6 is 15.9 Å². The summed E-state index contributed by atoms with van der Waals surface area (Å²) in [6.07, 6.45) is 1.58. The molecule has 5 heteroatoms. The van der Waals surface area contributed by atoms with Crippen LogP contribution in [0.15, 0.2) is 0 Å². The van der Waals surface area contributed by atoms with Crippen LogP contribution in [0.4, 0.5) is 0 Å². The summed E-state index contributed by atoms with van der Waals surface area (Å²) in [4.78, 5) is 24.0. The van der Waals surface area contributed by atoms with Crippen LogP contribution in [0, 0.1) is 5.41 Å². The van der Waals surface area contributed by atoms with E-state index in [0.29, 0.717) is 12.8 Å². The zero-order valence-corrected chi connectivity index (χ0v) is 12.3. The first kappa shape index (κ1) is 16.4. The van der Waals surface area contributed by atoms with Gasteiger partial charge in [0.05, 0.1) is 13.2 Å². The van der Waals surface area contributed by atoms with Crippen molar-refractivity contribution in [2.24, 2.45) is 5.41 Å². The van der Waals surface area contributed by atoms with E-state index in [0.717, 1.165) is 11.8 Å². The van der Waals surface area contributed by atoms with Crippen molar-refractivity contribution < 1.29 is 19.1 Å². The Kier molecular flexibility index (Phi) is 8.21. The summed E-state index contributed by atoms with van der Waals surface area (Å²) < 4.78 is 10.0. The highest BCUT2D eigenvalue weighted by atomic mass is 79.9. The molecule has 0 bridgehead atoms. The molecule has 0 fully saturated rings. The molecule has 0 aliphatic heterocycles. The Bertz CT molecular complexity index is 235. The van der Waals surface area contributed by atoms with Crippen molar-refractivity contribution in [2.45, 2.75) is 40.0 Å². The van der Waals surface area contributed by atoms with Gasteiger partial charge in [-0.25, -0.2) is 0 Å². The number of hydrogen-bond acceptors (Lipinski definition) is 4. The molecule has 0 aromatic heterocycles. The fourth-order valence-corrected chi connectivity index (χ4v) is 1.94. The summed E-state index contributed by atoms with van der Waals surface area (Å²) in [6.45, 7) is 5.81. The van der Waals surface area contributed by atoms with E-state index in [2.05, 4.69) is 15.9 Å². The lowest BCUT2D eigenvalue weighted by Crippen LogP contribution is -2.41. The highest BCUT2D eigenvalue weighted by molar-refractivity contribution is 9.09. The number of carbonyl (C=O) groups is 2. The highest BCUT2D eigenvalue weighted by Gasteiger charge is 2.46. The van der Waals surface area contributed by atoms with Crippen LogP contribution in [0.1, 0.15) is 40.0 Å². The fourth-order valence-electron chi connectivity index (χ4n) is 1.66. The van der Waals surface area contributed by atoms with Crippen molar-refractivity contribution in [1.82, 2.24) is 0 Å². The van der Waals surface area contributed by atoms with E-state index in [1.54, 1.807) is 13.8 Å². The van der Waals surface area contributed by atoms with Crippen LogP contribution in [-0.2, 0) is 19.1 Å². The number of rotatable bonds is 8. The molecular formula is C12H21BrO4. The predicted octanol–water partition coefficient (Wildman–Crippen LogP) is 2.68. The Balaban J connectivity index is 4.98. The summed E-state index contributed by atoms with van der Waals surface area (Å²) in [6, 6.07) is 0. The van der Waals surface area contributed by atoms with Gasteiger partial charge in [0, 0.05) is 5.33 Å². The topological polar surface area (TPSA) is 52.6 Å². The smallest absolute Gasteiger partial charge is 0.323 e. The standard InChI is InChI=1S/C12H21BrO4/c1-4-12(8-7-9-13,10(14)16-5-2)11(15)17-6-3/h4-9H2,1-3H3. The zero-order valence-electron chi connectivity index (χ0n) is 10.8. The average Bonchev–Trinajstić information content (AvgIpc) is 2.31. The lowest BCUT2D eigenvalue weighted by atomic mass is 9.81. The molecule has 0 atom stereocenters. The van der Waals surface area contributed by atoms with E-state index in [-0.39, 0.29) is 13.2 Å². The Hall–Kier alpha value is -0.580. The first-order valence-electron chi connectivity index (χ1n) is 5.99. The molecule has 0 spiro atoms. The van der Waals surface area contributed by atoms with Crippen molar-refractivity contribution in [3.8, 4) is 0 Å². The number of alkyl halides is 1. The molecule has 100 valence electrons. The number of hydrogen-bond donors (Lipinski definition) is 0. The van der Waals surface area contributed by atoms with Crippen molar-refractivity contribution in [3.63, 3.8) is 0 Å². The minimum Gasteiger partial charge on any atom is -0.465 e. The third-order valence-electron chi connectivity index (χ3n) is 2.67. The lowest BCUT2D eigenvalue weighted by molar-refractivity contribution is -0.173. The number of carbonyl (C=O) groups excluding carboxylic acids is 2. The molecule has 4 nitrogen and oxygen atoms in total. The average molecular weight is 309 g/mol. The second-order valence-electron chi connectivity index (χ2n) is 3.67. The van der Waals surface area contributed by atoms with E-state index in [1.165, 1.54) is 0 Å². The molecule has 0 aromatic carbocycles. The van der Waals surface area contributed by atoms with Crippen molar-refractivity contribution in [3.05, 3.63) is 0 Å². The van der Waals surface area contributed by atoms with E-state index < -0.39 is 17.4 Å². The third kappa shape index (κ3) is 4.30. The zero-order chi connectivity index (χ0) is 13.3. The first-order valence-corrected chi connectivity index (χ1v) is 7.11. The molecule has 0 unspecified atom stereocenters. The molecule has 0 rings (SSSR count). The van der Waals surface area contributed by atoms with E-state index in [9.17, 15) is 9.59 Å². The molecule has 0 aromatic rings. The lowest BCUT2D eigenvalue weighted by Gasteiger charge is -2.27. The summed E-state index contributed by atoms with van der Waals surface area (Å²) in [5.74, 6) is -0.941. The van der Waals surface area contributed by atoms with Gasteiger partial charge in [0.15, 0.2) is 5.41 Å². The van der Waals surface area contributed by atoms with Gasteiger partial charge in [-0.3, -0.25) is 9.59 Å². The molecule has 0 aliphatic carbocycles. The van der Waals surface area contributed by atoms with Gasteiger partial charge < -0.3 is 9.47 Å². The SMILES string of the molecule is CCOC(=O)C(CC)(CCCBr)C(=O)OCC. The van der Waals surface area contributed by atoms with Gasteiger partial charge in [-0.15, -0.1) is 0 Å². The molecule has 0 amide bonds. The van der Waals surface area contributed by atoms with Crippen LogP contribution in [0.5, 0.6) is 0 Å². The number of ether oxygens (including phenoxy) is 2. The second-order valence-corrected chi connectivity index (χ2v) is 4.46. The molecule has 0 saturated heterocycles. The predicted molar refractivity (Wildman–Crippen MR) is 69.0 cm³/mol. The van der Waals surface area contributed by atoms with E-state index >= 15 is 0 Å². The van der Waals surface area contributed by atoms with Crippen molar-refractivity contribution >= 4 is 27.9 Å². The Labute approximate surface area is 111 Å². The van der Waals surface area contributed by atoms with Crippen LogP contribution in [0.3, 0.4) is 0 Å². The molecule has 0 N–H and O–H groups in total. The maximum Gasteiger partial charge on any atom is 0.323 e. The summed E-state index contributed by atoms with van der Waals surface area (Å²) in [5, 5.41) is 0.744. The Morgan fingerprint density at radius 3 is 1.82 bits per heavy atom. The number of halogens is 1. The normalized spacial score (nSPS) is 11.1. The monoisotopic (exact) mass is 308 g/mol. The van der Waals surface area contributed by atoms with Crippen molar-refractivity contribution in [2.75, 3.05) is 18.5 Å². The van der Waals surface area contributed by atoms with Gasteiger partial charge in [0.1, 0.15) is 0 Å². The van der Waals surface area contributed by atoms with Crippen LogP contribution in [-0.4, -0.2) is 30.5 Å². The van der Waals surface area contributed by atoms with Gasteiger partial charge in [-0.2, -0.15) is 0 Å². The fraction of sp³-hybridized carbons (Fsp3) is 0.833. The quantitative estimate of drug-likeness (QED) is 0.393. The summed E-state index contributed by atoms with van der Waals surface area (Å²) in [7, 11) is 0. The van der Waals surface area contributed by atoms with Gasteiger partial charge >= 0.3 is 11.9 Å². The van der Waals surface area contributed by atoms with E-state index in [1.807, 2.05) is 6.92 Å². The summed E-state index contributed by atoms with van der Waals surface area (Å²) >= 11 is 3.30. The van der Waals surface area contributed by atoms with Crippen LogP contribution in [0.2, 0.25) is 0 Å². The minimum atomic E-state index is -1.14. The molecule has 0 heterocycles. The van der Waals surface area contributed by atoms with Crippen LogP contribution in [0.25, 0.3) is 0 Å². The number of esters is 2. The largest absolute Gasteiger partial charge is 0.465 e.